The molecule has 9 heteroatoms. The monoisotopic (exact) mass is 475 g/mol. The largest absolute Gasteiger partial charge is 0.494 e. The maximum absolute atomic E-state index is 13.4. The molecule has 0 radical (unpaired) electrons. The molecule has 0 aliphatic heterocycles. The van der Waals surface area contributed by atoms with Gasteiger partial charge >= 0.3 is 0 Å². The van der Waals surface area contributed by atoms with Crippen LogP contribution in [0.5, 0.6) is 17.2 Å². The van der Waals surface area contributed by atoms with E-state index in [2.05, 4.69) is 0 Å². The van der Waals surface area contributed by atoms with Gasteiger partial charge in [-0.1, -0.05) is 23.7 Å². The second-order valence-corrected chi connectivity index (χ2v) is 8.71. The lowest BCUT2D eigenvalue weighted by Crippen LogP contribution is -2.40. The van der Waals surface area contributed by atoms with Crippen LogP contribution >= 0.6 is 11.6 Å². The molecule has 0 spiro atoms. The predicted molar refractivity (Wildman–Crippen MR) is 122 cm³/mol. The Morgan fingerprint density at radius 1 is 0.906 bits per heavy atom. The average molecular weight is 476 g/mol. The number of hydrogen-bond acceptors (Lipinski definition) is 6. The standard InChI is InChI=1S/C23H22ClNO6S/c1-3-30-19-12-10-18(11-13-19)25(32(27,28)20-14-8-17(24)9-15-20)23(26)16-31-22-7-5-4-6-21(22)29-2/h4-15H,3,16H2,1-2H3. The van der Waals surface area contributed by atoms with Gasteiger partial charge in [0, 0.05) is 5.02 Å². The fourth-order valence-corrected chi connectivity index (χ4v) is 4.45. The fourth-order valence-electron chi connectivity index (χ4n) is 2.91. The SMILES string of the molecule is CCOc1ccc(N(C(=O)COc2ccccc2OC)S(=O)(=O)c2ccc(Cl)cc2)cc1. The molecule has 3 aromatic carbocycles. The predicted octanol–water partition coefficient (Wildman–Crippen LogP) is 4.55. The van der Waals surface area contributed by atoms with Crippen molar-refractivity contribution in [2.45, 2.75) is 11.8 Å². The van der Waals surface area contributed by atoms with Crippen molar-refractivity contribution in [3.8, 4) is 17.2 Å². The second kappa shape index (κ2) is 10.4. The lowest BCUT2D eigenvalue weighted by Gasteiger charge is -2.23. The van der Waals surface area contributed by atoms with E-state index in [1.807, 2.05) is 6.92 Å². The lowest BCUT2D eigenvalue weighted by atomic mass is 10.3. The van der Waals surface area contributed by atoms with Crippen LogP contribution in [0.15, 0.2) is 77.7 Å². The highest BCUT2D eigenvalue weighted by molar-refractivity contribution is 7.93. The summed E-state index contributed by atoms with van der Waals surface area (Å²) in [6.45, 7) is 1.77. The van der Waals surface area contributed by atoms with Crippen LogP contribution in [0.1, 0.15) is 6.92 Å². The van der Waals surface area contributed by atoms with Gasteiger partial charge in [0.15, 0.2) is 18.1 Å². The molecule has 1 amide bonds. The van der Waals surface area contributed by atoms with Crippen molar-refractivity contribution in [3.63, 3.8) is 0 Å². The van der Waals surface area contributed by atoms with Crippen LogP contribution in [-0.4, -0.2) is 34.6 Å². The van der Waals surface area contributed by atoms with E-state index in [0.717, 1.165) is 0 Å². The Hall–Kier alpha value is -3.23. The van der Waals surface area contributed by atoms with Gasteiger partial charge in [0.1, 0.15) is 5.75 Å². The van der Waals surface area contributed by atoms with E-state index in [1.165, 1.54) is 43.5 Å². The summed E-state index contributed by atoms with van der Waals surface area (Å²) in [5.41, 5.74) is 0.150. The van der Waals surface area contributed by atoms with Crippen LogP contribution in [0.3, 0.4) is 0 Å². The quantitative estimate of drug-likeness (QED) is 0.451. The van der Waals surface area contributed by atoms with E-state index in [-0.39, 0.29) is 10.6 Å². The third-order valence-corrected chi connectivity index (χ3v) is 6.40. The Bertz CT molecular complexity index is 1160. The van der Waals surface area contributed by atoms with Gasteiger partial charge in [0.05, 0.1) is 24.3 Å². The minimum absolute atomic E-state index is 0.0820. The number of hydrogen-bond donors (Lipinski definition) is 0. The number of sulfonamides is 1. The second-order valence-electron chi connectivity index (χ2n) is 6.48. The summed E-state index contributed by atoms with van der Waals surface area (Å²) in [5, 5.41) is 0.377. The molecule has 0 bridgehead atoms. The van der Waals surface area contributed by atoms with Gasteiger partial charge in [0.25, 0.3) is 15.9 Å². The van der Waals surface area contributed by atoms with E-state index in [4.69, 9.17) is 25.8 Å². The van der Waals surface area contributed by atoms with E-state index in [0.29, 0.717) is 33.2 Å². The van der Waals surface area contributed by atoms with Gasteiger partial charge in [-0.15, -0.1) is 0 Å². The molecule has 0 aromatic heterocycles. The van der Waals surface area contributed by atoms with Crippen molar-refractivity contribution in [2.24, 2.45) is 0 Å². The first kappa shape index (κ1) is 23.4. The molecule has 0 heterocycles. The number of carbonyl (C=O) groups excluding carboxylic acids is 1. The van der Waals surface area contributed by atoms with Crippen LogP contribution in [0.25, 0.3) is 0 Å². The number of para-hydroxylation sites is 2. The molecule has 0 aliphatic carbocycles. The molecule has 0 unspecified atom stereocenters. The zero-order chi connectivity index (χ0) is 23.1. The van der Waals surface area contributed by atoms with Crippen molar-refractivity contribution < 1.29 is 27.4 Å². The highest BCUT2D eigenvalue weighted by Gasteiger charge is 2.31. The number of ether oxygens (including phenoxy) is 3. The summed E-state index contributed by atoms with van der Waals surface area (Å²) >= 11 is 5.89. The van der Waals surface area contributed by atoms with Crippen LogP contribution in [0.4, 0.5) is 5.69 Å². The van der Waals surface area contributed by atoms with Crippen molar-refractivity contribution in [2.75, 3.05) is 24.6 Å². The minimum Gasteiger partial charge on any atom is -0.494 e. The van der Waals surface area contributed by atoms with E-state index >= 15 is 0 Å². The maximum atomic E-state index is 13.4. The van der Waals surface area contributed by atoms with E-state index in [9.17, 15) is 13.2 Å². The third kappa shape index (κ3) is 5.33. The van der Waals surface area contributed by atoms with Crippen LogP contribution in [-0.2, 0) is 14.8 Å². The maximum Gasteiger partial charge on any atom is 0.278 e. The molecule has 168 valence electrons. The van der Waals surface area contributed by atoms with Gasteiger partial charge in [-0.25, -0.2) is 8.42 Å². The van der Waals surface area contributed by atoms with Crippen LogP contribution in [0.2, 0.25) is 5.02 Å². The zero-order valence-electron chi connectivity index (χ0n) is 17.5. The van der Waals surface area contributed by atoms with Gasteiger partial charge in [-0.2, -0.15) is 4.31 Å². The Kier molecular flexibility index (Phi) is 7.61. The van der Waals surface area contributed by atoms with Crippen LogP contribution in [0, 0.1) is 0 Å². The molecular formula is C23H22ClNO6S. The molecule has 0 saturated carbocycles. The lowest BCUT2D eigenvalue weighted by molar-refractivity contribution is -0.119. The van der Waals surface area contributed by atoms with Gasteiger partial charge < -0.3 is 14.2 Å². The summed E-state index contributed by atoms with van der Waals surface area (Å²) in [6, 6.07) is 18.5. The highest BCUT2D eigenvalue weighted by atomic mass is 35.5. The zero-order valence-corrected chi connectivity index (χ0v) is 19.1. The summed E-state index contributed by atoms with van der Waals surface area (Å²) in [4.78, 5) is 13.1. The molecule has 0 atom stereocenters. The Morgan fingerprint density at radius 2 is 1.53 bits per heavy atom. The minimum atomic E-state index is -4.24. The molecular weight excluding hydrogens is 454 g/mol. The van der Waals surface area contributed by atoms with Gasteiger partial charge in [-0.05, 0) is 67.6 Å². The van der Waals surface area contributed by atoms with Crippen molar-refractivity contribution >= 4 is 33.2 Å². The number of amides is 1. The number of anilines is 1. The number of benzene rings is 3. The van der Waals surface area contributed by atoms with E-state index < -0.39 is 22.5 Å². The first-order valence-corrected chi connectivity index (χ1v) is 11.5. The topological polar surface area (TPSA) is 82.1 Å². The number of nitrogens with zero attached hydrogens (tertiary/aromatic N) is 1. The third-order valence-electron chi connectivity index (χ3n) is 4.38. The number of halogens is 1. The van der Waals surface area contributed by atoms with Gasteiger partial charge in [0.2, 0.25) is 0 Å². The molecule has 32 heavy (non-hydrogen) atoms. The number of carbonyl (C=O) groups is 1. The van der Waals surface area contributed by atoms with Crippen molar-refractivity contribution in [1.29, 1.82) is 0 Å². The summed E-state index contributed by atoms with van der Waals surface area (Å²) in [5.74, 6) is 0.514. The van der Waals surface area contributed by atoms with Crippen LogP contribution < -0.4 is 18.5 Å². The summed E-state index contributed by atoms with van der Waals surface area (Å²) in [6.07, 6.45) is 0. The molecule has 0 saturated heterocycles. The Morgan fingerprint density at radius 3 is 2.12 bits per heavy atom. The molecule has 0 fully saturated rings. The number of methoxy groups -OCH3 is 1. The molecule has 0 aliphatic rings. The average Bonchev–Trinajstić information content (AvgIpc) is 2.79. The van der Waals surface area contributed by atoms with Crippen molar-refractivity contribution in [1.82, 2.24) is 0 Å². The summed E-state index contributed by atoms with van der Waals surface area (Å²) in [7, 11) is -2.77. The van der Waals surface area contributed by atoms with E-state index in [1.54, 1.807) is 36.4 Å². The number of rotatable bonds is 9. The van der Waals surface area contributed by atoms with Crippen molar-refractivity contribution in [3.05, 3.63) is 77.8 Å². The Balaban J connectivity index is 1.95. The molecule has 3 rings (SSSR count). The molecule has 0 N–H and O–H groups in total. The highest BCUT2D eigenvalue weighted by Crippen LogP contribution is 2.29. The normalized spacial score (nSPS) is 11.0. The molecule has 7 nitrogen and oxygen atoms in total. The summed E-state index contributed by atoms with van der Waals surface area (Å²) < 4.78 is 43.7. The first-order valence-electron chi connectivity index (χ1n) is 9.69. The Labute approximate surface area is 192 Å². The molecule has 3 aromatic rings. The van der Waals surface area contributed by atoms with Gasteiger partial charge in [-0.3, -0.25) is 4.79 Å². The smallest absolute Gasteiger partial charge is 0.278 e. The fraction of sp³-hybridized carbons (Fsp3) is 0.174. The first-order chi connectivity index (χ1) is 15.4.